The van der Waals surface area contributed by atoms with Crippen LogP contribution in [-0.2, 0) is 4.79 Å². The summed E-state index contributed by atoms with van der Waals surface area (Å²) in [6, 6.07) is 4.43. The van der Waals surface area contributed by atoms with Gasteiger partial charge in [0.15, 0.2) is 11.1 Å². The SMILES string of the molecule is O=C(O)C(O)c1nc2c(O)cccc2o1. The van der Waals surface area contributed by atoms with E-state index in [1.54, 1.807) is 0 Å². The number of aromatic nitrogens is 1. The molecule has 0 spiro atoms. The van der Waals surface area contributed by atoms with Crippen molar-refractivity contribution in [3.8, 4) is 5.75 Å². The maximum Gasteiger partial charge on any atom is 0.342 e. The minimum atomic E-state index is -1.82. The minimum Gasteiger partial charge on any atom is -0.506 e. The zero-order valence-electron chi connectivity index (χ0n) is 7.41. The highest BCUT2D eigenvalue weighted by molar-refractivity contribution is 5.80. The third-order valence-electron chi connectivity index (χ3n) is 1.88. The lowest BCUT2D eigenvalue weighted by atomic mass is 10.3. The van der Waals surface area contributed by atoms with Gasteiger partial charge in [-0.05, 0) is 12.1 Å². The van der Waals surface area contributed by atoms with Gasteiger partial charge in [-0.1, -0.05) is 6.07 Å². The van der Waals surface area contributed by atoms with Crippen LogP contribution in [-0.4, -0.2) is 26.3 Å². The molecule has 2 aromatic rings. The molecular formula is C9H7NO5. The lowest BCUT2D eigenvalue weighted by Crippen LogP contribution is -2.10. The van der Waals surface area contributed by atoms with Crippen molar-refractivity contribution < 1.29 is 24.5 Å². The van der Waals surface area contributed by atoms with E-state index in [4.69, 9.17) is 14.6 Å². The normalized spacial score (nSPS) is 12.9. The Kier molecular flexibility index (Phi) is 2.05. The van der Waals surface area contributed by atoms with Gasteiger partial charge in [0.25, 0.3) is 0 Å². The van der Waals surface area contributed by atoms with E-state index < -0.39 is 12.1 Å². The van der Waals surface area contributed by atoms with E-state index in [1.165, 1.54) is 18.2 Å². The number of aliphatic hydroxyl groups is 1. The fourth-order valence-electron chi connectivity index (χ4n) is 1.17. The van der Waals surface area contributed by atoms with E-state index >= 15 is 0 Å². The van der Waals surface area contributed by atoms with Gasteiger partial charge in [-0.3, -0.25) is 0 Å². The number of phenols is 1. The molecule has 6 nitrogen and oxygen atoms in total. The van der Waals surface area contributed by atoms with Crippen molar-refractivity contribution in [2.24, 2.45) is 0 Å². The maximum atomic E-state index is 10.4. The third-order valence-corrected chi connectivity index (χ3v) is 1.88. The number of benzene rings is 1. The molecule has 0 aliphatic heterocycles. The standard InChI is InChI=1S/C9H7NO5/c11-4-2-1-3-5-6(4)10-8(15-5)7(12)9(13)14/h1-3,7,11-12H,(H,13,14). The number of nitrogens with zero attached hydrogens (tertiary/aromatic N) is 1. The lowest BCUT2D eigenvalue weighted by molar-refractivity contribution is -0.148. The van der Waals surface area contributed by atoms with E-state index in [0.717, 1.165) is 0 Å². The number of aliphatic carboxylic acids is 1. The number of hydrogen-bond donors (Lipinski definition) is 3. The molecule has 0 aliphatic carbocycles. The van der Waals surface area contributed by atoms with Crippen LogP contribution < -0.4 is 0 Å². The first-order chi connectivity index (χ1) is 7.09. The van der Waals surface area contributed by atoms with Gasteiger partial charge in [-0.2, -0.15) is 0 Å². The molecule has 1 heterocycles. The van der Waals surface area contributed by atoms with E-state index in [-0.39, 0.29) is 22.7 Å². The number of fused-ring (bicyclic) bond motifs is 1. The average molecular weight is 209 g/mol. The van der Waals surface area contributed by atoms with Crippen LogP contribution in [0.1, 0.15) is 12.0 Å². The smallest absolute Gasteiger partial charge is 0.342 e. The maximum absolute atomic E-state index is 10.4. The summed E-state index contributed by atoms with van der Waals surface area (Å²) < 4.78 is 4.97. The van der Waals surface area contributed by atoms with Gasteiger partial charge in [0, 0.05) is 0 Å². The molecule has 1 atom stereocenters. The second kappa shape index (κ2) is 3.25. The number of phenolic OH excluding ortho intramolecular Hbond substituents is 1. The number of aliphatic hydroxyl groups excluding tert-OH is 1. The van der Waals surface area contributed by atoms with Crippen molar-refractivity contribution in [1.82, 2.24) is 4.98 Å². The largest absolute Gasteiger partial charge is 0.506 e. The summed E-state index contributed by atoms with van der Waals surface area (Å²) in [7, 11) is 0. The summed E-state index contributed by atoms with van der Waals surface area (Å²) in [6.45, 7) is 0. The Morgan fingerprint density at radius 3 is 2.80 bits per heavy atom. The highest BCUT2D eigenvalue weighted by Gasteiger charge is 2.23. The summed E-state index contributed by atoms with van der Waals surface area (Å²) in [6.07, 6.45) is -1.82. The molecular weight excluding hydrogens is 202 g/mol. The molecule has 1 aromatic carbocycles. The molecule has 0 amide bonds. The summed E-state index contributed by atoms with van der Waals surface area (Å²) >= 11 is 0. The van der Waals surface area contributed by atoms with Gasteiger partial charge >= 0.3 is 5.97 Å². The lowest BCUT2D eigenvalue weighted by Gasteiger charge is -1.96. The van der Waals surface area contributed by atoms with Crippen molar-refractivity contribution in [3.63, 3.8) is 0 Å². The first-order valence-corrected chi connectivity index (χ1v) is 4.09. The van der Waals surface area contributed by atoms with Gasteiger partial charge in [-0.15, -0.1) is 0 Å². The van der Waals surface area contributed by atoms with Crippen LogP contribution in [0.3, 0.4) is 0 Å². The Balaban J connectivity index is 2.56. The quantitative estimate of drug-likeness (QED) is 0.670. The second-order valence-corrected chi connectivity index (χ2v) is 2.92. The molecule has 15 heavy (non-hydrogen) atoms. The zero-order valence-corrected chi connectivity index (χ0v) is 7.41. The Morgan fingerprint density at radius 2 is 2.20 bits per heavy atom. The average Bonchev–Trinajstić information content (AvgIpc) is 2.61. The summed E-state index contributed by atoms with van der Waals surface area (Å²) in [5, 5.41) is 27.0. The number of hydrogen-bond acceptors (Lipinski definition) is 5. The van der Waals surface area contributed by atoms with Crippen molar-refractivity contribution in [3.05, 3.63) is 24.1 Å². The van der Waals surface area contributed by atoms with Gasteiger partial charge in [0.1, 0.15) is 5.75 Å². The molecule has 0 saturated carbocycles. The Morgan fingerprint density at radius 1 is 1.47 bits per heavy atom. The van der Waals surface area contributed by atoms with E-state index in [2.05, 4.69) is 4.98 Å². The van der Waals surface area contributed by atoms with Crippen LogP contribution in [0, 0.1) is 0 Å². The van der Waals surface area contributed by atoms with Crippen molar-refractivity contribution >= 4 is 17.1 Å². The zero-order chi connectivity index (χ0) is 11.0. The molecule has 0 saturated heterocycles. The van der Waals surface area contributed by atoms with Gasteiger partial charge in [0.2, 0.25) is 12.0 Å². The van der Waals surface area contributed by atoms with Gasteiger partial charge < -0.3 is 19.7 Å². The Bertz CT molecular complexity index is 518. The number of carboxylic acids is 1. The molecule has 0 radical (unpaired) electrons. The number of oxazole rings is 1. The van der Waals surface area contributed by atoms with Crippen LogP contribution in [0.25, 0.3) is 11.1 Å². The number of carboxylic acid groups (broad SMARTS) is 1. The van der Waals surface area contributed by atoms with Crippen LogP contribution in [0.4, 0.5) is 0 Å². The van der Waals surface area contributed by atoms with Crippen LogP contribution in [0.2, 0.25) is 0 Å². The topological polar surface area (TPSA) is 104 Å². The minimum absolute atomic E-state index is 0.125. The number of para-hydroxylation sites is 1. The first-order valence-electron chi connectivity index (χ1n) is 4.09. The highest BCUT2D eigenvalue weighted by atomic mass is 16.4. The first kappa shape index (κ1) is 9.47. The predicted molar refractivity (Wildman–Crippen MR) is 48.3 cm³/mol. The van der Waals surface area contributed by atoms with Crippen molar-refractivity contribution in [2.45, 2.75) is 6.10 Å². The molecule has 78 valence electrons. The van der Waals surface area contributed by atoms with E-state index in [0.29, 0.717) is 0 Å². The summed E-state index contributed by atoms with van der Waals surface area (Å²) in [5.74, 6) is -1.93. The number of rotatable bonds is 2. The fourth-order valence-corrected chi connectivity index (χ4v) is 1.17. The molecule has 2 rings (SSSR count). The molecule has 1 unspecified atom stereocenters. The van der Waals surface area contributed by atoms with Crippen LogP contribution in [0.15, 0.2) is 22.6 Å². The second-order valence-electron chi connectivity index (χ2n) is 2.92. The van der Waals surface area contributed by atoms with Crippen LogP contribution >= 0.6 is 0 Å². The molecule has 3 N–H and O–H groups in total. The van der Waals surface area contributed by atoms with E-state index in [9.17, 15) is 9.90 Å². The summed E-state index contributed by atoms with van der Waals surface area (Å²) in [5.41, 5.74) is 0.359. The summed E-state index contributed by atoms with van der Waals surface area (Å²) in [4.78, 5) is 14.1. The van der Waals surface area contributed by atoms with Gasteiger partial charge in [0.05, 0.1) is 0 Å². The molecule has 0 bridgehead atoms. The third kappa shape index (κ3) is 1.50. The highest BCUT2D eigenvalue weighted by Crippen LogP contribution is 2.26. The molecule has 0 fully saturated rings. The Labute approximate surface area is 83.4 Å². The van der Waals surface area contributed by atoms with Crippen LogP contribution in [0.5, 0.6) is 5.75 Å². The molecule has 1 aromatic heterocycles. The van der Waals surface area contributed by atoms with E-state index in [1.807, 2.05) is 0 Å². The molecule has 0 aliphatic rings. The predicted octanol–water partition coefficient (Wildman–Crippen LogP) is 0.651. The molecule has 6 heteroatoms. The van der Waals surface area contributed by atoms with Gasteiger partial charge in [-0.25, -0.2) is 9.78 Å². The Hall–Kier alpha value is -2.08. The number of carbonyl (C=O) groups is 1. The monoisotopic (exact) mass is 209 g/mol. The fraction of sp³-hybridized carbons (Fsp3) is 0.111. The van der Waals surface area contributed by atoms with Crippen molar-refractivity contribution in [1.29, 1.82) is 0 Å². The number of aromatic hydroxyl groups is 1. The van der Waals surface area contributed by atoms with Crippen molar-refractivity contribution in [2.75, 3.05) is 0 Å².